The number of benzene rings is 1. The summed E-state index contributed by atoms with van der Waals surface area (Å²) in [6.07, 6.45) is 0.351. The summed E-state index contributed by atoms with van der Waals surface area (Å²) in [6, 6.07) is 5.44. The molecule has 0 aliphatic rings. The fourth-order valence-electron chi connectivity index (χ4n) is 1.80. The van der Waals surface area contributed by atoms with Gasteiger partial charge in [0.2, 0.25) is 0 Å². The first-order chi connectivity index (χ1) is 8.49. The van der Waals surface area contributed by atoms with E-state index in [9.17, 15) is 4.79 Å². The van der Waals surface area contributed by atoms with Crippen LogP contribution in [0.2, 0.25) is 0 Å². The van der Waals surface area contributed by atoms with Crippen molar-refractivity contribution in [2.75, 3.05) is 5.73 Å². The van der Waals surface area contributed by atoms with E-state index in [1.807, 2.05) is 39.0 Å². The number of hydrogen-bond donors (Lipinski definition) is 1. The Labute approximate surface area is 111 Å². The molecule has 4 heteroatoms. The second-order valence-corrected chi connectivity index (χ2v) is 5.66. The number of carbonyl (C=O) groups is 1. The number of rotatable bonds is 3. The molecule has 0 spiro atoms. The quantitative estimate of drug-likeness (QED) is 0.681. The summed E-state index contributed by atoms with van der Waals surface area (Å²) in [6.45, 7) is 5.86. The Morgan fingerprint density at radius 1 is 1.33 bits per heavy atom. The molecule has 2 N–H and O–H groups in total. The number of hydrogen-bond acceptors (Lipinski definition) is 4. The zero-order chi connectivity index (χ0) is 13.3. The van der Waals surface area contributed by atoms with Gasteiger partial charge in [0.15, 0.2) is 5.78 Å². The van der Waals surface area contributed by atoms with E-state index in [1.165, 1.54) is 4.88 Å². The number of Topliss-reactive ketones (excluding diaryl/α,β-unsaturated/α-hetero) is 1. The fraction of sp³-hybridized carbons (Fsp3) is 0.286. The Balaban J connectivity index is 2.24. The third-order valence-electron chi connectivity index (χ3n) is 3.06. The molecule has 0 aliphatic carbocycles. The van der Waals surface area contributed by atoms with Gasteiger partial charge in [0.25, 0.3) is 0 Å². The molecule has 0 saturated carbocycles. The third kappa shape index (κ3) is 2.43. The number of thiazole rings is 1. The Kier molecular flexibility index (Phi) is 3.48. The van der Waals surface area contributed by atoms with Gasteiger partial charge >= 0.3 is 0 Å². The van der Waals surface area contributed by atoms with Crippen LogP contribution in [0.25, 0.3) is 0 Å². The first kappa shape index (κ1) is 12.8. The van der Waals surface area contributed by atoms with Crippen LogP contribution in [-0.2, 0) is 6.42 Å². The van der Waals surface area contributed by atoms with Crippen LogP contribution in [0.5, 0.6) is 0 Å². The number of ketones is 1. The topological polar surface area (TPSA) is 56.0 Å². The molecule has 0 fully saturated rings. The van der Waals surface area contributed by atoms with Gasteiger partial charge in [-0.25, -0.2) is 4.98 Å². The smallest absolute Gasteiger partial charge is 0.170 e. The standard InChI is InChI=1S/C14H16N2OS/c1-8-11(5-4-6-12(8)15)13(17)7-14-16-9(2)10(3)18-14/h4-6H,7,15H2,1-3H3. The van der Waals surface area contributed by atoms with Crippen molar-refractivity contribution in [2.45, 2.75) is 27.2 Å². The van der Waals surface area contributed by atoms with Gasteiger partial charge in [-0.2, -0.15) is 0 Å². The lowest BCUT2D eigenvalue weighted by atomic mass is 10.0. The molecule has 1 aromatic carbocycles. The van der Waals surface area contributed by atoms with Crippen LogP contribution in [0.3, 0.4) is 0 Å². The van der Waals surface area contributed by atoms with Gasteiger partial charge in [-0.1, -0.05) is 12.1 Å². The van der Waals surface area contributed by atoms with Crippen molar-refractivity contribution >= 4 is 22.8 Å². The van der Waals surface area contributed by atoms with E-state index in [4.69, 9.17) is 5.73 Å². The van der Waals surface area contributed by atoms with E-state index < -0.39 is 0 Å². The van der Waals surface area contributed by atoms with Crippen LogP contribution < -0.4 is 5.73 Å². The summed E-state index contributed by atoms with van der Waals surface area (Å²) in [5.41, 5.74) is 9.03. The van der Waals surface area contributed by atoms with E-state index in [2.05, 4.69) is 4.98 Å². The predicted molar refractivity (Wildman–Crippen MR) is 75.2 cm³/mol. The number of aromatic nitrogens is 1. The number of nitrogen functional groups attached to an aromatic ring is 1. The van der Waals surface area contributed by atoms with Crippen LogP contribution >= 0.6 is 11.3 Å². The first-order valence-electron chi connectivity index (χ1n) is 5.80. The fourth-order valence-corrected chi connectivity index (χ4v) is 2.74. The summed E-state index contributed by atoms with van der Waals surface area (Å²) in [5.74, 6) is 0.0774. The van der Waals surface area contributed by atoms with Crippen molar-refractivity contribution < 1.29 is 4.79 Å². The average Bonchev–Trinajstić information content (AvgIpc) is 2.61. The van der Waals surface area contributed by atoms with E-state index in [-0.39, 0.29) is 5.78 Å². The molecule has 2 rings (SSSR count). The summed E-state index contributed by atoms with van der Waals surface area (Å²) >= 11 is 1.58. The van der Waals surface area contributed by atoms with Crippen molar-refractivity contribution in [1.82, 2.24) is 4.98 Å². The van der Waals surface area contributed by atoms with Gasteiger partial charge in [0, 0.05) is 16.1 Å². The van der Waals surface area contributed by atoms with Crippen LogP contribution in [0.4, 0.5) is 5.69 Å². The van der Waals surface area contributed by atoms with Crippen molar-refractivity contribution in [3.8, 4) is 0 Å². The maximum absolute atomic E-state index is 12.2. The number of nitrogens with two attached hydrogens (primary N) is 1. The molecule has 0 saturated heterocycles. The SMILES string of the molecule is Cc1nc(CC(=O)c2cccc(N)c2C)sc1C. The minimum absolute atomic E-state index is 0.0774. The molecule has 0 aliphatic heterocycles. The highest BCUT2D eigenvalue weighted by molar-refractivity contribution is 7.11. The van der Waals surface area contributed by atoms with Crippen molar-refractivity contribution in [3.63, 3.8) is 0 Å². The second-order valence-electron chi connectivity index (χ2n) is 4.37. The minimum Gasteiger partial charge on any atom is -0.398 e. The normalized spacial score (nSPS) is 10.6. The summed E-state index contributed by atoms with van der Waals surface area (Å²) in [4.78, 5) is 17.8. The molecule has 0 atom stereocenters. The predicted octanol–water partition coefficient (Wildman–Crippen LogP) is 3.08. The molecule has 1 aromatic heterocycles. The number of carbonyl (C=O) groups excluding carboxylic acids is 1. The molecule has 94 valence electrons. The lowest BCUT2D eigenvalue weighted by Crippen LogP contribution is -2.07. The summed E-state index contributed by atoms with van der Waals surface area (Å²) in [5, 5.41) is 0.872. The van der Waals surface area contributed by atoms with Gasteiger partial charge in [-0.15, -0.1) is 11.3 Å². The highest BCUT2D eigenvalue weighted by Gasteiger charge is 2.14. The van der Waals surface area contributed by atoms with Gasteiger partial charge in [0.05, 0.1) is 12.1 Å². The number of aryl methyl sites for hydroxylation is 2. The van der Waals surface area contributed by atoms with E-state index >= 15 is 0 Å². The Hall–Kier alpha value is -1.68. The van der Waals surface area contributed by atoms with Crippen molar-refractivity contribution in [3.05, 3.63) is 44.9 Å². The Morgan fingerprint density at radius 3 is 2.67 bits per heavy atom. The zero-order valence-corrected chi connectivity index (χ0v) is 11.6. The molecule has 0 radical (unpaired) electrons. The molecule has 18 heavy (non-hydrogen) atoms. The van der Waals surface area contributed by atoms with Crippen LogP contribution in [0.1, 0.15) is 31.5 Å². The van der Waals surface area contributed by atoms with E-state index in [1.54, 1.807) is 11.3 Å². The molecule has 0 unspecified atom stereocenters. The number of anilines is 1. The third-order valence-corrected chi connectivity index (χ3v) is 4.13. The van der Waals surface area contributed by atoms with Gasteiger partial charge < -0.3 is 5.73 Å². The minimum atomic E-state index is 0.0774. The Morgan fingerprint density at radius 2 is 2.06 bits per heavy atom. The van der Waals surface area contributed by atoms with E-state index in [0.717, 1.165) is 16.3 Å². The van der Waals surface area contributed by atoms with Crippen molar-refractivity contribution in [2.24, 2.45) is 0 Å². The van der Waals surface area contributed by atoms with Gasteiger partial charge in [-0.3, -0.25) is 4.79 Å². The average molecular weight is 260 g/mol. The zero-order valence-electron chi connectivity index (χ0n) is 10.8. The second kappa shape index (κ2) is 4.90. The molecular formula is C14H16N2OS. The highest BCUT2D eigenvalue weighted by atomic mass is 32.1. The molecule has 1 heterocycles. The maximum atomic E-state index is 12.2. The molecule has 0 bridgehead atoms. The highest BCUT2D eigenvalue weighted by Crippen LogP contribution is 2.21. The molecule has 3 nitrogen and oxygen atoms in total. The van der Waals surface area contributed by atoms with Crippen LogP contribution in [0, 0.1) is 20.8 Å². The Bertz CT molecular complexity index is 582. The van der Waals surface area contributed by atoms with Gasteiger partial charge in [0.1, 0.15) is 5.01 Å². The number of nitrogens with zero attached hydrogens (tertiary/aromatic N) is 1. The largest absolute Gasteiger partial charge is 0.398 e. The summed E-state index contributed by atoms with van der Waals surface area (Å²) in [7, 11) is 0. The van der Waals surface area contributed by atoms with Gasteiger partial charge in [-0.05, 0) is 32.4 Å². The molecule has 2 aromatic rings. The monoisotopic (exact) mass is 260 g/mol. The first-order valence-corrected chi connectivity index (χ1v) is 6.62. The van der Waals surface area contributed by atoms with Crippen LogP contribution in [-0.4, -0.2) is 10.8 Å². The van der Waals surface area contributed by atoms with Crippen molar-refractivity contribution in [1.29, 1.82) is 0 Å². The summed E-state index contributed by atoms with van der Waals surface area (Å²) < 4.78 is 0. The molecular weight excluding hydrogens is 244 g/mol. The van der Waals surface area contributed by atoms with E-state index in [0.29, 0.717) is 17.7 Å². The lowest BCUT2D eigenvalue weighted by Gasteiger charge is -2.06. The molecule has 0 amide bonds. The maximum Gasteiger partial charge on any atom is 0.170 e. The lowest BCUT2D eigenvalue weighted by molar-refractivity contribution is 0.0992. The van der Waals surface area contributed by atoms with Crippen LogP contribution in [0.15, 0.2) is 18.2 Å².